The third kappa shape index (κ3) is 10.8. The molecule has 0 aliphatic heterocycles. The first-order valence-corrected chi connectivity index (χ1v) is 15.6. The SMILES string of the molecule is CC.CC.CC.CCn1c2ccccc2c2cc(C(=O)NCCCCCNS(=O)c3cccnc3)ccc21.CO. The number of aliphatic hydroxyl groups is 1. The summed E-state index contributed by atoms with van der Waals surface area (Å²) in [6.45, 7) is 16.3. The molecule has 0 aliphatic carbocycles. The van der Waals surface area contributed by atoms with Crippen molar-refractivity contribution in [3.63, 3.8) is 0 Å². The number of aliphatic hydroxyl groups excluding tert-OH is 1. The highest BCUT2D eigenvalue weighted by atomic mass is 32.2. The van der Waals surface area contributed by atoms with E-state index in [0.717, 1.165) is 43.8 Å². The van der Waals surface area contributed by atoms with E-state index in [1.54, 1.807) is 24.5 Å². The minimum atomic E-state index is -1.23. The van der Waals surface area contributed by atoms with Crippen LogP contribution in [0.4, 0.5) is 0 Å². The van der Waals surface area contributed by atoms with Crippen LogP contribution in [0.25, 0.3) is 21.8 Å². The highest BCUT2D eigenvalue weighted by Gasteiger charge is 2.12. The summed E-state index contributed by atoms with van der Waals surface area (Å²) in [5.74, 6) is -0.0453. The van der Waals surface area contributed by atoms with Gasteiger partial charge in [-0.15, -0.1) is 0 Å². The van der Waals surface area contributed by atoms with Gasteiger partial charge in [-0.3, -0.25) is 9.78 Å². The second-order valence-electron chi connectivity index (χ2n) is 7.66. The normalized spacial score (nSPS) is 10.4. The van der Waals surface area contributed by atoms with Crippen LogP contribution in [-0.4, -0.2) is 45.0 Å². The number of nitrogens with zero attached hydrogens (tertiary/aromatic N) is 2. The molecular weight excluding hydrogens is 520 g/mol. The van der Waals surface area contributed by atoms with Crippen molar-refractivity contribution in [2.45, 2.75) is 79.2 Å². The number of nitrogens with one attached hydrogen (secondary N) is 2. The van der Waals surface area contributed by atoms with Crippen LogP contribution in [0.1, 0.15) is 78.1 Å². The summed E-state index contributed by atoms with van der Waals surface area (Å²) in [5.41, 5.74) is 3.03. The molecule has 0 fully saturated rings. The van der Waals surface area contributed by atoms with Crippen LogP contribution in [-0.2, 0) is 17.5 Å². The molecule has 0 saturated carbocycles. The Morgan fingerprint density at radius 3 is 2.15 bits per heavy atom. The van der Waals surface area contributed by atoms with Crippen LogP contribution in [0.15, 0.2) is 71.9 Å². The molecule has 40 heavy (non-hydrogen) atoms. The van der Waals surface area contributed by atoms with Gasteiger partial charge in [-0.25, -0.2) is 8.93 Å². The minimum Gasteiger partial charge on any atom is -0.400 e. The molecule has 222 valence electrons. The molecule has 3 N–H and O–H groups in total. The van der Waals surface area contributed by atoms with Crippen molar-refractivity contribution in [2.75, 3.05) is 20.2 Å². The molecule has 7 nitrogen and oxygen atoms in total. The van der Waals surface area contributed by atoms with Gasteiger partial charge >= 0.3 is 0 Å². The number of pyridine rings is 1. The van der Waals surface area contributed by atoms with Crippen LogP contribution in [0.5, 0.6) is 0 Å². The number of aromatic nitrogens is 2. The molecule has 0 saturated heterocycles. The summed E-state index contributed by atoms with van der Waals surface area (Å²) in [4.78, 5) is 17.3. The van der Waals surface area contributed by atoms with Crippen LogP contribution >= 0.6 is 0 Å². The predicted molar refractivity (Wildman–Crippen MR) is 172 cm³/mol. The molecular formula is C32H50N4O3S. The van der Waals surface area contributed by atoms with Crippen molar-refractivity contribution >= 4 is 38.7 Å². The first-order chi connectivity index (χ1) is 19.7. The van der Waals surface area contributed by atoms with Gasteiger partial charge in [0.1, 0.15) is 11.0 Å². The van der Waals surface area contributed by atoms with Gasteiger partial charge in [0.2, 0.25) is 0 Å². The first kappa shape index (κ1) is 36.9. The van der Waals surface area contributed by atoms with Crippen LogP contribution in [0.3, 0.4) is 0 Å². The monoisotopic (exact) mass is 570 g/mol. The maximum atomic E-state index is 12.7. The van der Waals surface area contributed by atoms with Gasteiger partial charge < -0.3 is 15.0 Å². The highest BCUT2D eigenvalue weighted by Crippen LogP contribution is 2.29. The lowest BCUT2D eigenvalue weighted by molar-refractivity contribution is 0.0953. The Morgan fingerprint density at radius 2 is 1.50 bits per heavy atom. The zero-order valence-electron chi connectivity index (χ0n) is 25.7. The Balaban J connectivity index is 0.00000175. The third-order valence-corrected chi connectivity index (χ3v) is 6.71. The zero-order chi connectivity index (χ0) is 30.3. The number of unbranched alkanes of at least 4 members (excludes halogenated alkanes) is 2. The number of benzene rings is 2. The number of carbonyl (C=O) groups is 1. The number of carbonyl (C=O) groups excluding carboxylic acids is 1. The number of hydrogen-bond acceptors (Lipinski definition) is 4. The standard InChI is InChI=1S/C25H28N4O2S.3C2H6.CH4O/c1-2-29-23-11-5-4-10-21(23)22-17-19(12-13-24(22)29)25(30)27-15-6-3-7-16-28-32(31)20-9-8-14-26-18-20;4*1-2/h4-5,8-14,17-18,28H,2-3,6-7,15-16H2,1H3,(H,27,30);3*1-2H3;2H,1H3. The summed E-state index contributed by atoms with van der Waals surface area (Å²) in [6, 6.07) is 17.8. The molecule has 1 atom stereocenters. The van der Waals surface area contributed by atoms with Crippen molar-refractivity contribution in [1.82, 2.24) is 19.6 Å². The Bertz CT molecular complexity index is 1240. The minimum absolute atomic E-state index is 0.0453. The quantitative estimate of drug-likeness (QED) is 0.177. The van der Waals surface area contributed by atoms with E-state index in [-0.39, 0.29) is 5.91 Å². The van der Waals surface area contributed by atoms with E-state index in [1.807, 2.05) is 71.9 Å². The van der Waals surface area contributed by atoms with Crippen LogP contribution < -0.4 is 10.0 Å². The fourth-order valence-electron chi connectivity index (χ4n) is 3.97. The molecule has 0 aliphatic rings. The van der Waals surface area contributed by atoms with Gasteiger partial charge in [0.05, 0.1) is 4.90 Å². The number of para-hydroxylation sites is 1. The van der Waals surface area contributed by atoms with E-state index in [0.29, 0.717) is 23.5 Å². The van der Waals surface area contributed by atoms with E-state index < -0.39 is 11.0 Å². The van der Waals surface area contributed by atoms with Gasteiger partial charge in [-0.2, -0.15) is 0 Å². The molecule has 2 aromatic carbocycles. The van der Waals surface area contributed by atoms with Crippen molar-refractivity contribution < 1.29 is 14.1 Å². The smallest absolute Gasteiger partial charge is 0.251 e. The first-order valence-electron chi connectivity index (χ1n) is 14.5. The fourth-order valence-corrected chi connectivity index (χ4v) is 4.83. The molecule has 2 heterocycles. The summed E-state index contributed by atoms with van der Waals surface area (Å²) < 4.78 is 17.4. The van der Waals surface area contributed by atoms with Gasteiger partial charge in [0, 0.05) is 66.5 Å². The predicted octanol–water partition coefficient (Wildman–Crippen LogP) is 7.11. The lowest BCUT2D eigenvalue weighted by Crippen LogP contribution is -2.24. The van der Waals surface area contributed by atoms with E-state index in [4.69, 9.17) is 5.11 Å². The molecule has 0 bridgehead atoms. The molecule has 0 radical (unpaired) electrons. The maximum Gasteiger partial charge on any atom is 0.251 e. The van der Waals surface area contributed by atoms with E-state index in [9.17, 15) is 9.00 Å². The second kappa shape index (κ2) is 22.7. The summed E-state index contributed by atoms with van der Waals surface area (Å²) in [7, 11) is -0.228. The fraction of sp³-hybridized carbons (Fsp3) is 0.438. The number of fused-ring (bicyclic) bond motifs is 3. The van der Waals surface area contributed by atoms with Gasteiger partial charge in [-0.05, 0) is 56.2 Å². The molecule has 1 unspecified atom stereocenters. The summed E-state index contributed by atoms with van der Waals surface area (Å²) in [6.07, 6.45) is 5.99. The number of amides is 1. The van der Waals surface area contributed by atoms with Gasteiger partial charge in [-0.1, -0.05) is 66.2 Å². The summed E-state index contributed by atoms with van der Waals surface area (Å²) >= 11 is 0. The average Bonchev–Trinajstić information content (AvgIpc) is 3.37. The topological polar surface area (TPSA) is 96.3 Å². The number of rotatable bonds is 10. The molecule has 1 amide bonds. The van der Waals surface area contributed by atoms with E-state index in [2.05, 4.69) is 38.6 Å². The number of hydrogen-bond donors (Lipinski definition) is 3. The Morgan fingerprint density at radius 1 is 0.850 bits per heavy atom. The number of aryl methyl sites for hydroxylation is 1. The molecule has 0 spiro atoms. The molecule has 8 heteroatoms. The molecule has 2 aromatic heterocycles. The van der Waals surface area contributed by atoms with E-state index >= 15 is 0 Å². The highest BCUT2D eigenvalue weighted by molar-refractivity contribution is 7.83. The lowest BCUT2D eigenvalue weighted by atomic mass is 10.1. The molecule has 4 rings (SSSR count). The van der Waals surface area contributed by atoms with Crippen molar-refractivity contribution in [3.05, 3.63) is 72.6 Å². The summed E-state index contributed by atoms with van der Waals surface area (Å²) in [5, 5.41) is 12.3. The average molecular weight is 571 g/mol. The Kier molecular flexibility index (Phi) is 21.0. The van der Waals surface area contributed by atoms with Crippen molar-refractivity contribution in [3.8, 4) is 0 Å². The van der Waals surface area contributed by atoms with E-state index in [1.165, 1.54) is 10.9 Å². The van der Waals surface area contributed by atoms with Crippen LogP contribution in [0, 0.1) is 0 Å². The second-order valence-corrected chi connectivity index (χ2v) is 8.96. The van der Waals surface area contributed by atoms with Crippen LogP contribution in [0.2, 0.25) is 0 Å². The zero-order valence-corrected chi connectivity index (χ0v) is 26.5. The molecule has 4 aromatic rings. The van der Waals surface area contributed by atoms with Crippen molar-refractivity contribution in [2.24, 2.45) is 0 Å². The Labute approximate surface area is 244 Å². The lowest BCUT2D eigenvalue weighted by Gasteiger charge is -2.07. The largest absolute Gasteiger partial charge is 0.400 e. The van der Waals surface area contributed by atoms with Gasteiger partial charge in [0.25, 0.3) is 5.91 Å². The van der Waals surface area contributed by atoms with Crippen molar-refractivity contribution in [1.29, 1.82) is 0 Å². The van der Waals surface area contributed by atoms with Gasteiger partial charge in [0.15, 0.2) is 0 Å². The third-order valence-electron chi connectivity index (χ3n) is 5.57. The Hall–Kier alpha value is -3.07. The maximum absolute atomic E-state index is 12.7.